The predicted molar refractivity (Wildman–Crippen MR) is 54.4 cm³/mol. The van der Waals surface area contributed by atoms with Crippen molar-refractivity contribution >= 4 is 5.82 Å². The molecule has 0 saturated carbocycles. The predicted octanol–water partition coefficient (Wildman–Crippen LogP) is 1.75. The van der Waals surface area contributed by atoms with Crippen molar-refractivity contribution in [2.75, 3.05) is 24.6 Å². The molecule has 0 aromatic carbocycles. The first-order valence-corrected chi connectivity index (χ1v) is 5.26. The number of ether oxygens (including phenoxy) is 1. The normalized spacial score (nSPS) is 25.4. The molecule has 0 N–H and O–H groups in total. The van der Waals surface area contributed by atoms with Crippen LogP contribution in [0.1, 0.15) is 24.5 Å². The van der Waals surface area contributed by atoms with Crippen molar-refractivity contribution in [2.45, 2.75) is 18.9 Å². The monoisotopic (exact) mass is 190 g/mol. The summed E-state index contributed by atoms with van der Waals surface area (Å²) in [7, 11) is 0. The van der Waals surface area contributed by atoms with Crippen LogP contribution in [0.4, 0.5) is 5.82 Å². The molecule has 0 aliphatic carbocycles. The lowest BCUT2D eigenvalue weighted by Crippen LogP contribution is -2.18. The standard InChI is InChI=1S/C11H14N2O/c1-2-6-13(5-1)11-4-3-9(7-12-11)10-8-14-10/h3-4,7,10H,1-2,5-6,8H2/t10-/m0/s1. The highest BCUT2D eigenvalue weighted by Gasteiger charge is 2.25. The van der Waals surface area contributed by atoms with Gasteiger partial charge in [-0.15, -0.1) is 0 Å². The molecule has 0 radical (unpaired) electrons. The zero-order chi connectivity index (χ0) is 9.38. The third-order valence-electron chi connectivity index (χ3n) is 2.91. The van der Waals surface area contributed by atoms with Gasteiger partial charge in [-0.3, -0.25) is 0 Å². The van der Waals surface area contributed by atoms with Gasteiger partial charge in [0, 0.05) is 24.8 Å². The van der Waals surface area contributed by atoms with Gasteiger partial charge < -0.3 is 9.64 Å². The second kappa shape index (κ2) is 3.24. The number of nitrogens with zero attached hydrogens (tertiary/aromatic N) is 2. The van der Waals surface area contributed by atoms with Crippen LogP contribution in [0.25, 0.3) is 0 Å². The highest BCUT2D eigenvalue weighted by molar-refractivity contribution is 5.40. The third kappa shape index (κ3) is 1.48. The molecule has 74 valence electrons. The van der Waals surface area contributed by atoms with E-state index in [9.17, 15) is 0 Å². The number of aromatic nitrogens is 1. The molecule has 0 unspecified atom stereocenters. The first kappa shape index (κ1) is 8.24. The Hall–Kier alpha value is -1.09. The van der Waals surface area contributed by atoms with Crippen molar-refractivity contribution in [1.82, 2.24) is 4.98 Å². The van der Waals surface area contributed by atoms with E-state index in [2.05, 4.69) is 22.0 Å². The molecule has 1 atom stereocenters. The maximum Gasteiger partial charge on any atom is 0.128 e. The molecule has 2 fully saturated rings. The fourth-order valence-electron chi connectivity index (χ4n) is 1.96. The second-order valence-corrected chi connectivity index (χ2v) is 3.97. The third-order valence-corrected chi connectivity index (χ3v) is 2.91. The molecule has 0 spiro atoms. The van der Waals surface area contributed by atoms with Crippen LogP contribution in [0, 0.1) is 0 Å². The van der Waals surface area contributed by atoms with E-state index in [4.69, 9.17) is 4.74 Å². The molecule has 2 aliphatic heterocycles. The van der Waals surface area contributed by atoms with Gasteiger partial charge in [0.05, 0.1) is 6.61 Å². The smallest absolute Gasteiger partial charge is 0.128 e. The Morgan fingerprint density at radius 1 is 1.29 bits per heavy atom. The van der Waals surface area contributed by atoms with Gasteiger partial charge >= 0.3 is 0 Å². The fraction of sp³-hybridized carbons (Fsp3) is 0.545. The molecular formula is C11H14N2O. The van der Waals surface area contributed by atoms with E-state index in [-0.39, 0.29) is 0 Å². The Kier molecular flexibility index (Phi) is 1.91. The van der Waals surface area contributed by atoms with Gasteiger partial charge in [0.25, 0.3) is 0 Å². The first-order chi connectivity index (χ1) is 6.93. The van der Waals surface area contributed by atoms with Crippen LogP contribution in [0.15, 0.2) is 18.3 Å². The molecule has 0 amide bonds. The van der Waals surface area contributed by atoms with Crippen molar-refractivity contribution in [3.05, 3.63) is 23.9 Å². The number of pyridine rings is 1. The van der Waals surface area contributed by atoms with E-state index in [0.29, 0.717) is 6.10 Å². The summed E-state index contributed by atoms with van der Waals surface area (Å²) >= 11 is 0. The van der Waals surface area contributed by atoms with Crippen LogP contribution in [0.5, 0.6) is 0 Å². The molecule has 2 aliphatic rings. The van der Waals surface area contributed by atoms with Crippen LogP contribution >= 0.6 is 0 Å². The van der Waals surface area contributed by atoms with Crippen molar-refractivity contribution in [2.24, 2.45) is 0 Å². The van der Waals surface area contributed by atoms with Gasteiger partial charge in [0.15, 0.2) is 0 Å². The van der Waals surface area contributed by atoms with Crippen molar-refractivity contribution < 1.29 is 4.74 Å². The van der Waals surface area contributed by atoms with Gasteiger partial charge in [0.2, 0.25) is 0 Å². The van der Waals surface area contributed by atoms with Crippen LogP contribution in [0.3, 0.4) is 0 Å². The number of epoxide rings is 1. The molecule has 1 aromatic rings. The summed E-state index contributed by atoms with van der Waals surface area (Å²) in [4.78, 5) is 6.81. The van der Waals surface area contributed by atoms with E-state index in [1.165, 1.54) is 18.4 Å². The Morgan fingerprint density at radius 2 is 2.07 bits per heavy atom. The fourth-order valence-corrected chi connectivity index (χ4v) is 1.96. The van der Waals surface area contributed by atoms with E-state index in [1.807, 2.05) is 6.20 Å². The number of hydrogen-bond donors (Lipinski definition) is 0. The first-order valence-electron chi connectivity index (χ1n) is 5.26. The molecule has 3 rings (SSSR count). The maximum absolute atomic E-state index is 5.21. The highest BCUT2D eigenvalue weighted by atomic mass is 16.6. The van der Waals surface area contributed by atoms with Gasteiger partial charge in [-0.2, -0.15) is 0 Å². The quantitative estimate of drug-likeness (QED) is 0.665. The average Bonchev–Trinajstić information content (AvgIpc) is 2.94. The van der Waals surface area contributed by atoms with Crippen LogP contribution < -0.4 is 4.90 Å². The van der Waals surface area contributed by atoms with Gasteiger partial charge in [-0.25, -0.2) is 4.98 Å². The number of rotatable bonds is 2. The maximum atomic E-state index is 5.21. The van der Waals surface area contributed by atoms with Gasteiger partial charge in [0.1, 0.15) is 11.9 Å². The SMILES string of the molecule is c1cc(N2CCCC2)ncc1[C@@H]1CO1. The molecule has 3 heterocycles. The topological polar surface area (TPSA) is 28.7 Å². The Morgan fingerprint density at radius 3 is 2.64 bits per heavy atom. The zero-order valence-electron chi connectivity index (χ0n) is 8.15. The van der Waals surface area contributed by atoms with Crippen molar-refractivity contribution in [3.63, 3.8) is 0 Å². The minimum Gasteiger partial charge on any atom is -0.368 e. The average molecular weight is 190 g/mol. The number of anilines is 1. The summed E-state index contributed by atoms with van der Waals surface area (Å²) in [6, 6.07) is 4.25. The van der Waals surface area contributed by atoms with Gasteiger partial charge in [-0.05, 0) is 18.9 Å². The Bertz CT molecular complexity index is 313. The summed E-state index contributed by atoms with van der Waals surface area (Å²) in [5.41, 5.74) is 1.22. The molecular weight excluding hydrogens is 176 g/mol. The molecule has 1 aromatic heterocycles. The lowest BCUT2D eigenvalue weighted by molar-refractivity contribution is 0.415. The summed E-state index contributed by atoms with van der Waals surface area (Å²) < 4.78 is 5.21. The van der Waals surface area contributed by atoms with Crippen molar-refractivity contribution in [3.8, 4) is 0 Å². The van der Waals surface area contributed by atoms with Gasteiger partial charge in [-0.1, -0.05) is 6.07 Å². The van der Waals surface area contributed by atoms with Crippen molar-refractivity contribution in [1.29, 1.82) is 0 Å². The summed E-state index contributed by atoms with van der Waals surface area (Å²) in [6.45, 7) is 3.18. The minimum absolute atomic E-state index is 0.329. The zero-order valence-corrected chi connectivity index (χ0v) is 8.15. The Balaban J connectivity index is 1.78. The molecule has 2 saturated heterocycles. The van der Waals surface area contributed by atoms with Crippen LogP contribution in [-0.2, 0) is 4.74 Å². The van der Waals surface area contributed by atoms with E-state index < -0.39 is 0 Å². The summed E-state index contributed by atoms with van der Waals surface area (Å²) in [6.07, 6.45) is 4.88. The second-order valence-electron chi connectivity index (χ2n) is 3.97. The lowest BCUT2D eigenvalue weighted by atomic mass is 10.2. The molecule has 3 heteroatoms. The Labute approximate surface area is 83.7 Å². The van der Waals surface area contributed by atoms with Crippen LogP contribution in [0.2, 0.25) is 0 Å². The number of hydrogen-bond acceptors (Lipinski definition) is 3. The largest absolute Gasteiger partial charge is 0.368 e. The van der Waals surface area contributed by atoms with E-state index in [1.54, 1.807) is 0 Å². The summed E-state index contributed by atoms with van der Waals surface area (Å²) in [5.74, 6) is 1.12. The lowest BCUT2D eigenvalue weighted by Gasteiger charge is -2.15. The van der Waals surface area contributed by atoms with E-state index >= 15 is 0 Å². The highest BCUT2D eigenvalue weighted by Crippen LogP contribution is 2.30. The summed E-state index contributed by atoms with van der Waals surface area (Å²) in [5, 5.41) is 0. The molecule has 14 heavy (non-hydrogen) atoms. The van der Waals surface area contributed by atoms with E-state index in [0.717, 1.165) is 25.5 Å². The van der Waals surface area contributed by atoms with Crippen LogP contribution in [-0.4, -0.2) is 24.7 Å². The molecule has 3 nitrogen and oxygen atoms in total. The molecule has 0 bridgehead atoms. The minimum atomic E-state index is 0.329.